The Hall–Kier alpha value is -2.86. The van der Waals surface area contributed by atoms with E-state index in [0.717, 1.165) is 11.3 Å². The van der Waals surface area contributed by atoms with E-state index in [0.29, 0.717) is 22.5 Å². The fourth-order valence-electron chi connectivity index (χ4n) is 2.80. The van der Waals surface area contributed by atoms with Crippen molar-refractivity contribution in [2.45, 2.75) is 19.3 Å². The Labute approximate surface area is 144 Å². The lowest BCUT2D eigenvalue weighted by Crippen LogP contribution is -2.20. The lowest BCUT2D eigenvalue weighted by atomic mass is 10.1. The molecule has 1 saturated heterocycles. The van der Waals surface area contributed by atoms with Crippen LogP contribution in [0.4, 0.5) is 0 Å². The number of nitrogens with zero attached hydrogens (tertiary/aromatic N) is 2. The fourth-order valence-corrected chi connectivity index (χ4v) is 2.80. The second kappa shape index (κ2) is 5.89. The largest absolute Gasteiger partial charge is 0.494 e. The first-order chi connectivity index (χ1) is 12.1. The molecule has 4 rings (SSSR count). The Bertz CT molecular complexity index is 995. The van der Waals surface area contributed by atoms with Gasteiger partial charge in [0.15, 0.2) is 0 Å². The van der Waals surface area contributed by atoms with Gasteiger partial charge in [-0.2, -0.15) is 0 Å². The van der Waals surface area contributed by atoms with Crippen molar-refractivity contribution < 1.29 is 14.2 Å². The fraction of sp³-hybridized carbons (Fsp3) is 0.263. The molecular weight excluding hydrogens is 320 g/mol. The maximum absolute atomic E-state index is 12.7. The number of hydrogen-bond donors (Lipinski definition) is 0. The Kier molecular flexibility index (Phi) is 3.69. The van der Waals surface area contributed by atoms with Crippen LogP contribution in [-0.2, 0) is 11.8 Å². The van der Waals surface area contributed by atoms with Gasteiger partial charge >= 0.3 is 0 Å². The smallest absolute Gasteiger partial charge is 0.261 e. The molecule has 0 amide bonds. The van der Waals surface area contributed by atoms with Gasteiger partial charge in [0.05, 0.1) is 12.5 Å². The number of rotatable bonds is 4. The molecule has 6 nitrogen and oxygen atoms in total. The summed E-state index contributed by atoms with van der Waals surface area (Å²) in [6, 6.07) is 12.8. The minimum absolute atomic E-state index is 0.112. The third-order valence-electron chi connectivity index (χ3n) is 4.31. The van der Waals surface area contributed by atoms with Crippen molar-refractivity contribution in [3.05, 3.63) is 52.8 Å². The summed E-state index contributed by atoms with van der Waals surface area (Å²) in [5.74, 6) is 1.88. The maximum Gasteiger partial charge on any atom is 0.261 e. The highest BCUT2D eigenvalue weighted by Crippen LogP contribution is 2.28. The number of fused-ring (bicyclic) bond motifs is 1. The van der Waals surface area contributed by atoms with E-state index in [9.17, 15) is 4.79 Å². The average molecular weight is 338 g/mol. The molecule has 128 valence electrons. The van der Waals surface area contributed by atoms with E-state index < -0.39 is 0 Å². The van der Waals surface area contributed by atoms with Crippen molar-refractivity contribution in [2.75, 3.05) is 7.11 Å². The van der Waals surface area contributed by atoms with Crippen LogP contribution in [0.5, 0.6) is 11.5 Å². The van der Waals surface area contributed by atoms with Gasteiger partial charge in [-0.1, -0.05) is 6.07 Å². The number of hydrogen-bond acceptors (Lipinski definition) is 5. The normalized spacial score (nSPS) is 19.0. The summed E-state index contributed by atoms with van der Waals surface area (Å²) < 4.78 is 17.8. The molecule has 6 heteroatoms. The van der Waals surface area contributed by atoms with Gasteiger partial charge in [0.25, 0.3) is 5.56 Å². The van der Waals surface area contributed by atoms with Crippen molar-refractivity contribution in [1.82, 2.24) is 9.55 Å². The SMILES string of the molecule is COc1cccc2c(=O)n(C)c(-c3ccc(OC4OC4C)cc3)nc12. The molecule has 0 bridgehead atoms. The Morgan fingerprint density at radius 1 is 1.16 bits per heavy atom. The summed E-state index contributed by atoms with van der Waals surface area (Å²) >= 11 is 0. The van der Waals surface area contributed by atoms with Crippen LogP contribution in [0, 0.1) is 0 Å². The third-order valence-corrected chi connectivity index (χ3v) is 4.31. The molecule has 2 atom stereocenters. The van der Waals surface area contributed by atoms with Crippen LogP contribution >= 0.6 is 0 Å². The summed E-state index contributed by atoms with van der Waals surface area (Å²) in [6.45, 7) is 1.96. The molecular formula is C19H18N2O4. The van der Waals surface area contributed by atoms with Crippen LogP contribution in [0.15, 0.2) is 47.3 Å². The zero-order valence-electron chi connectivity index (χ0n) is 14.2. The standard InChI is InChI=1S/C19H18N2O4/c1-11-19(24-11)25-13-9-7-12(8-10-13)17-20-16-14(18(22)21(17)2)5-4-6-15(16)23-3/h4-11,19H,1-3H3. The summed E-state index contributed by atoms with van der Waals surface area (Å²) in [5.41, 5.74) is 1.27. The van der Waals surface area contributed by atoms with Gasteiger partial charge in [0.2, 0.25) is 6.29 Å². The first-order valence-corrected chi connectivity index (χ1v) is 8.05. The molecule has 1 fully saturated rings. The van der Waals surface area contributed by atoms with Crippen LogP contribution in [0.3, 0.4) is 0 Å². The van der Waals surface area contributed by atoms with E-state index >= 15 is 0 Å². The molecule has 0 aliphatic carbocycles. The summed E-state index contributed by atoms with van der Waals surface area (Å²) in [5, 5.41) is 0.533. The summed E-state index contributed by atoms with van der Waals surface area (Å²) in [6.07, 6.45) is -0.0339. The van der Waals surface area contributed by atoms with Gasteiger partial charge in [-0.05, 0) is 43.3 Å². The Morgan fingerprint density at radius 2 is 1.88 bits per heavy atom. The molecule has 0 saturated carbocycles. The van der Waals surface area contributed by atoms with Crippen LogP contribution in [0.1, 0.15) is 6.92 Å². The number of benzene rings is 2. The molecule has 2 unspecified atom stereocenters. The molecule has 0 spiro atoms. The van der Waals surface area contributed by atoms with Crippen molar-refractivity contribution in [1.29, 1.82) is 0 Å². The maximum atomic E-state index is 12.7. The van der Waals surface area contributed by atoms with Crippen molar-refractivity contribution in [3.8, 4) is 22.9 Å². The second-order valence-electron chi connectivity index (χ2n) is 6.01. The summed E-state index contributed by atoms with van der Waals surface area (Å²) in [4.78, 5) is 17.3. The number of para-hydroxylation sites is 1. The number of epoxide rings is 1. The van der Waals surface area contributed by atoms with Crippen molar-refractivity contribution in [3.63, 3.8) is 0 Å². The second-order valence-corrected chi connectivity index (χ2v) is 6.01. The van der Waals surface area contributed by atoms with E-state index in [1.54, 1.807) is 36.9 Å². The highest BCUT2D eigenvalue weighted by Gasteiger charge is 2.36. The molecule has 1 aliphatic rings. The number of ether oxygens (including phenoxy) is 3. The van der Waals surface area contributed by atoms with Gasteiger partial charge in [-0.3, -0.25) is 9.36 Å². The van der Waals surface area contributed by atoms with Crippen LogP contribution in [-0.4, -0.2) is 29.1 Å². The predicted octanol–water partition coefficient (Wildman–Crippen LogP) is 2.73. The first-order valence-electron chi connectivity index (χ1n) is 8.05. The zero-order chi connectivity index (χ0) is 17.6. The van der Waals surface area contributed by atoms with E-state index in [1.807, 2.05) is 31.2 Å². The van der Waals surface area contributed by atoms with Gasteiger partial charge in [-0.25, -0.2) is 4.98 Å². The Morgan fingerprint density at radius 3 is 2.52 bits per heavy atom. The highest BCUT2D eigenvalue weighted by molar-refractivity contribution is 5.85. The Balaban J connectivity index is 1.78. The molecule has 2 heterocycles. The topological polar surface area (TPSA) is 65.9 Å². The molecule has 2 aromatic carbocycles. The number of methoxy groups -OCH3 is 1. The van der Waals surface area contributed by atoms with Crippen LogP contribution in [0.25, 0.3) is 22.3 Å². The van der Waals surface area contributed by atoms with Crippen LogP contribution in [0.2, 0.25) is 0 Å². The number of aromatic nitrogens is 2. The molecule has 0 N–H and O–H groups in total. The molecule has 3 aromatic rings. The molecule has 1 aliphatic heterocycles. The lowest BCUT2D eigenvalue weighted by molar-refractivity contribution is 0.178. The van der Waals surface area contributed by atoms with E-state index in [1.165, 1.54) is 0 Å². The van der Waals surface area contributed by atoms with Crippen LogP contribution < -0.4 is 15.0 Å². The van der Waals surface area contributed by atoms with E-state index in [4.69, 9.17) is 14.2 Å². The highest BCUT2D eigenvalue weighted by atomic mass is 16.8. The van der Waals surface area contributed by atoms with Gasteiger partial charge in [-0.15, -0.1) is 0 Å². The van der Waals surface area contributed by atoms with E-state index in [-0.39, 0.29) is 18.0 Å². The monoisotopic (exact) mass is 338 g/mol. The molecule has 25 heavy (non-hydrogen) atoms. The summed E-state index contributed by atoms with van der Waals surface area (Å²) in [7, 11) is 3.29. The quantitative estimate of drug-likeness (QED) is 0.684. The third kappa shape index (κ3) is 2.74. The molecule has 1 aromatic heterocycles. The minimum atomic E-state index is -0.168. The lowest BCUT2D eigenvalue weighted by Gasteiger charge is -2.12. The van der Waals surface area contributed by atoms with Gasteiger partial charge in [0, 0.05) is 12.6 Å². The van der Waals surface area contributed by atoms with E-state index in [2.05, 4.69) is 4.98 Å². The van der Waals surface area contributed by atoms with Gasteiger partial charge < -0.3 is 14.2 Å². The molecule has 0 radical (unpaired) electrons. The van der Waals surface area contributed by atoms with Gasteiger partial charge in [0.1, 0.15) is 28.9 Å². The first kappa shape index (κ1) is 15.7. The minimum Gasteiger partial charge on any atom is -0.494 e. The van der Waals surface area contributed by atoms with Crippen molar-refractivity contribution in [2.24, 2.45) is 7.05 Å². The predicted molar refractivity (Wildman–Crippen MR) is 93.9 cm³/mol. The zero-order valence-corrected chi connectivity index (χ0v) is 14.2. The average Bonchev–Trinajstić information content (AvgIpc) is 3.33. The van der Waals surface area contributed by atoms with Crippen molar-refractivity contribution >= 4 is 10.9 Å².